The number of hydrogen-bond acceptors (Lipinski definition) is 8. The van der Waals surface area contributed by atoms with E-state index in [0.29, 0.717) is 0 Å². The Kier molecular flexibility index (Phi) is 10.2. The largest absolute Gasteiger partial charge is 0.368 e. The molecule has 10 nitrogen and oxygen atoms in total. The number of nitrogens with one attached hydrogen (secondary N) is 4. The fourth-order valence-electron chi connectivity index (χ4n) is 12.3. The highest BCUT2D eigenvalue weighted by Crippen LogP contribution is 2.56. The number of rotatable bonds is 9. The van der Waals surface area contributed by atoms with Crippen molar-refractivity contribution in [3.8, 4) is 22.3 Å². The Balaban J connectivity index is 0.935. The van der Waals surface area contributed by atoms with E-state index < -0.39 is 12.1 Å². The first-order valence-corrected chi connectivity index (χ1v) is 23.4. The molecule has 6 unspecified atom stereocenters. The van der Waals surface area contributed by atoms with Crippen molar-refractivity contribution in [2.45, 2.75) is 153 Å². The van der Waals surface area contributed by atoms with Gasteiger partial charge in [-0.05, 0) is 145 Å². The molecule has 0 bridgehead atoms. The maximum absolute atomic E-state index is 13.4. The van der Waals surface area contributed by atoms with Gasteiger partial charge in [0.1, 0.15) is 12.3 Å². The van der Waals surface area contributed by atoms with Crippen LogP contribution in [0.4, 0.5) is 11.4 Å². The van der Waals surface area contributed by atoms with Crippen molar-refractivity contribution in [3.05, 3.63) is 76.5 Å². The molecule has 10 rings (SSSR count). The first-order chi connectivity index (χ1) is 29.0. The molecule has 60 heavy (non-hydrogen) atoms. The Morgan fingerprint density at radius 3 is 1.88 bits per heavy atom. The number of amides is 2. The number of carbonyl (C=O) groups excluding carboxylic acids is 2. The summed E-state index contributed by atoms with van der Waals surface area (Å²) >= 11 is 0. The van der Waals surface area contributed by atoms with E-state index in [-0.39, 0.29) is 53.5 Å². The second-order valence-corrected chi connectivity index (χ2v) is 19.9. The summed E-state index contributed by atoms with van der Waals surface area (Å²) in [6.07, 6.45) is 16.9. The second kappa shape index (κ2) is 15.4. The molecular weight excluding hydrogens is 745 g/mol. The molecule has 0 aromatic heterocycles. The van der Waals surface area contributed by atoms with Crippen LogP contribution in [0.25, 0.3) is 28.0 Å². The van der Waals surface area contributed by atoms with Crippen LogP contribution in [0.5, 0.6) is 0 Å². The second-order valence-electron chi connectivity index (χ2n) is 19.9. The van der Waals surface area contributed by atoms with Crippen LogP contribution in [-0.2, 0) is 34.3 Å². The average molecular weight is 811 g/mol. The lowest BCUT2D eigenvalue weighted by Crippen LogP contribution is -2.55. The quantitative estimate of drug-likeness (QED) is 0.134. The van der Waals surface area contributed by atoms with E-state index >= 15 is 0 Å². The van der Waals surface area contributed by atoms with Gasteiger partial charge in [0.2, 0.25) is 11.8 Å². The number of likely N-dealkylation sites (tertiary alicyclic amines) is 2. The van der Waals surface area contributed by atoms with Gasteiger partial charge in [0, 0.05) is 24.9 Å². The fourth-order valence-corrected chi connectivity index (χ4v) is 12.3. The molecule has 1 saturated carbocycles. The van der Waals surface area contributed by atoms with Gasteiger partial charge in [-0.2, -0.15) is 0 Å². The third-order valence-electron chi connectivity index (χ3n) is 15.7. The summed E-state index contributed by atoms with van der Waals surface area (Å²) in [4.78, 5) is 30.8. The minimum absolute atomic E-state index is 0.0210. The van der Waals surface area contributed by atoms with Crippen molar-refractivity contribution in [1.82, 2.24) is 20.4 Å². The van der Waals surface area contributed by atoms with Crippen molar-refractivity contribution >= 4 is 28.9 Å². The molecule has 1 spiro atoms. The van der Waals surface area contributed by atoms with Gasteiger partial charge in [-0.1, -0.05) is 70.9 Å². The maximum atomic E-state index is 13.4. The molecule has 4 aliphatic heterocycles. The molecular formula is C50H66N8O2. The highest BCUT2D eigenvalue weighted by Gasteiger charge is 2.45. The van der Waals surface area contributed by atoms with Crippen LogP contribution in [0.2, 0.25) is 0 Å². The van der Waals surface area contributed by atoms with E-state index in [1.165, 1.54) is 77.5 Å². The van der Waals surface area contributed by atoms with Crippen molar-refractivity contribution in [1.29, 1.82) is 0 Å². The van der Waals surface area contributed by atoms with E-state index in [1.807, 2.05) is 37.5 Å². The molecule has 8 N–H and O–H groups in total. The van der Waals surface area contributed by atoms with Crippen LogP contribution in [-0.4, -0.2) is 71.2 Å². The third-order valence-corrected chi connectivity index (χ3v) is 15.7. The van der Waals surface area contributed by atoms with Gasteiger partial charge in [0.25, 0.3) is 0 Å². The molecule has 0 radical (unpaired) electrons. The molecule has 2 saturated heterocycles. The Morgan fingerprint density at radius 1 is 0.633 bits per heavy atom. The normalized spacial score (nSPS) is 25.8. The molecule has 3 aromatic rings. The first-order valence-electron chi connectivity index (χ1n) is 23.4. The number of nitrogens with two attached hydrogens (primary N) is 2. The Morgan fingerprint density at radius 2 is 1.22 bits per heavy atom. The number of hydrogen-bond donors (Lipinski definition) is 6. The third kappa shape index (κ3) is 6.50. The summed E-state index contributed by atoms with van der Waals surface area (Å²) in [5, 5.41) is 15.0. The van der Waals surface area contributed by atoms with Crippen LogP contribution < -0.4 is 32.7 Å². The van der Waals surface area contributed by atoms with Crippen LogP contribution in [0, 0.1) is 11.8 Å². The molecule has 3 fully saturated rings. The molecule has 3 aliphatic carbocycles. The minimum atomic E-state index is -0.471. The van der Waals surface area contributed by atoms with E-state index in [9.17, 15) is 9.59 Å². The zero-order chi connectivity index (χ0) is 41.4. The van der Waals surface area contributed by atoms with E-state index in [0.717, 1.165) is 75.1 Å². The number of fused-ring (bicyclic) bond motifs is 4. The van der Waals surface area contributed by atoms with Gasteiger partial charge < -0.3 is 42.5 Å². The smallest absolute Gasteiger partial charge is 0.240 e. The van der Waals surface area contributed by atoms with Gasteiger partial charge in [0.15, 0.2) is 0 Å². The Labute approximate surface area is 356 Å². The number of nitrogens with zero attached hydrogens (tertiary/aromatic N) is 2. The van der Waals surface area contributed by atoms with Crippen LogP contribution >= 0.6 is 0 Å². The highest BCUT2D eigenvalue weighted by atomic mass is 16.2. The zero-order valence-electron chi connectivity index (χ0n) is 36.2. The number of carbonyl (C=O) groups is 2. The first kappa shape index (κ1) is 39.6. The van der Waals surface area contributed by atoms with Gasteiger partial charge in [0.05, 0.1) is 41.2 Å². The van der Waals surface area contributed by atoms with Gasteiger partial charge >= 0.3 is 0 Å². The summed E-state index contributed by atoms with van der Waals surface area (Å²) in [6.45, 7) is 9.64. The maximum Gasteiger partial charge on any atom is 0.240 e. The van der Waals surface area contributed by atoms with E-state index in [1.54, 1.807) is 11.1 Å². The SMILES string of the molecule is CC(C)C(N)C(=O)N1CCCC1C1NC=C(c2ccc(-c3ccc(-c4ccc5c(c4)NC(C4CCCN4C(=O)C(N)C(C)C)N5)c4c3CCC43CCCC3)c3c2CCC3)N1. The summed E-state index contributed by atoms with van der Waals surface area (Å²) in [5.41, 5.74) is 29.3. The topological polar surface area (TPSA) is 141 Å². The predicted octanol–water partition coefficient (Wildman–Crippen LogP) is 7.20. The molecule has 10 heteroatoms. The molecule has 318 valence electrons. The minimum Gasteiger partial charge on any atom is -0.368 e. The lowest BCUT2D eigenvalue weighted by Gasteiger charge is -2.33. The van der Waals surface area contributed by atoms with Gasteiger partial charge in [-0.3, -0.25) is 9.59 Å². The van der Waals surface area contributed by atoms with Crippen LogP contribution in [0.1, 0.15) is 120 Å². The standard InChI is InChI=1S/C50H66N8O2/c1-28(2)44(51)48(59)57-24-8-12-41(57)46-53-27-40(56-46)36-18-17-34(32-10-7-11-33(32)36)35-16-15-31(43-37(35)20-23-50(43)21-5-6-22-50)30-14-19-38-39(26-30)55-47(54-38)42-13-9-25-58(42)49(60)45(52)29(3)4/h14-19,26-29,41-42,44-47,53-56H,5-13,20-25,51-52H2,1-4H3. The molecule has 7 aliphatic rings. The summed E-state index contributed by atoms with van der Waals surface area (Å²) in [6, 6.07) is 15.8. The fraction of sp³-hybridized carbons (Fsp3) is 0.560. The molecule has 3 aromatic carbocycles. The lowest BCUT2D eigenvalue weighted by molar-refractivity contribution is -0.135. The summed E-state index contributed by atoms with van der Waals surface area (Å²) in [7, 11) is 0. The zero-order valence-corrected chi connectivity index (χ0v) is 36.2. The van der Waals surface area contributed by atoms with Gasteiger partial charge in [-0.15, -0.1) is 0 Å². The summed E-state index contributed by atoms with van der Waals surface area (Å²) < 4.78 is 0. The molecule has 2 amide bonds. The predicted molar refractivity (Wildman–Crippen MR) is 242 cm³/mol. The highest BCUT2D eigenvalue weighted by molar-refractivity contribution is 5.88. The van der Waals surface area contributed by atoms with Gasteiger partial charge in [-0.25, -0.2) is 0 Å². The van der Waals surface area contributed by atoms with Crippen LogP contribution in [0.3, 0.4) is 0 Å². The Hall–Kier alpha value is -4.54. The monoisotopic (exact) mass is 811 g/mol. The van der Waals surface area contributed by atoms with Crippen molar-refractivity contribution < 1.29 is 9.59 Å². The van der Waals surface area contributed by atoms with Crippen molar-refractivity contribution in [2.24, 2.45) is 23.3 Å². The van der Waals surface area contributed by atoms with Crippen molar-refractivity contribution in [3.63, 3.8) is 0 Å². The molecule has 4 heterocycles. The average Bonchev–Trinajstić information content (AvgIpc) is 4.11. The number of benzene rings is 3. The van der Waals surface area contributed by atoms with E-state index in [2.05, 4.69) is 69.9 Å². The van der Waals surface area contributed by atoms with E-state index in [4.69, 9.17) is 11.5 Å². The Bertz CT molecular complexity index is 2220. The van der Waals surface area contributed by atoms with Crippen LogP contribution in [0.15, 0.2) is 48.7 Å². The lowest BCUT2D eigenvalue weighted by atomic mass is 9.75. The molecule has 6 atom stereocenters. The van der Waals surface area contributed by atoms with Crippen molar-refractivity contribution in [2.75, 3.05) is 23.7 Å². The summed E-state index contributed by atoms with van der Waals surface area (Å²) in [5.74, 6) is 0.362. The number of anilines is 2.